The first kappa shape index (κ1) is 21.6. The zero-order chi connectivity index (χ0) is 22.1. The number of anilines is 1. The van der Waals surface area contributed by atoms with E-state index in [-0.39, 0.29) is 5.39 Å². The van der Waals surface area contributed by atoms with Crippen molar-refractivity contribution in [1.29, 1.82) is 0 Å². The van der Waals surface area contributed by atoms with Crippen molar-refractivity contribution in [1.82, 2.24) is 9.55 Å². The largest absolute Gasteiger partial charge is 0.349 e. The predicted octanol–water partition coefficient (Wildman–Crippen LogP) is 6.23. The van der Waals surface area contributed by atoms with Crippen molar-refractivity contribution >= 4 is 61.3 Å². The van der Waals surface area contributed by atoms with Crippen LogP contribution in [0.4, 0.5) is 10.1 Å². The van der Waals surface area contributed by atoms with Crippen LogP contribution in [0.25, 0.3) is 16.6 Å². The summed E-state index contributed by atoms with van der Waals surface area (Å²) in [7, 11) is 0. The summed E-state index contributed by atoms with van der Waals surface area (Å²) in [5, 5.41) is 3.79. The lowest BCUT2D eigenvalue weighted by Gasteiger charge is -2.13. The lowest BCUT2D eigenvalue weighted by molar-refractivity contribution is 0.637. The first-order valence-electron chi connectivity index (χ1n) is 9.35. The highest BCUT2D eigenvalue weighted by Gasteiger charge is 2.14. The fourth-order valence-electron chi connectivity index (χ4n) is 3.38. The number of halogens is 3. The lowest BCUT2D eigenvalue weighted by Crippen LogP contribution is -2.23. The van der Waals surface area contributed by atoms with E-state index in [9.17, 15) is 9.18 Å². The van der Waals surface area contributed by atoms with Gasteiger partial charge in [0.15, 0.2) is 0 Å². The van der Waals surface area contributed by atoms with Crippen LogP contribution < -0.4 is 10.9 Å². The summed E-state index contributed by atoms with van der Waals surface area (Å²) in [6.45, 7) is 1.72. The van der Waals surface area contributed by atoms with Gasteiger partial charge in [0.1, 0.15) is 17.0 Å². The molecule has 4 rings (SSSR count). The molecule has 1 aromatic heterocycles. The van der Waals surface area contributed by atoms with E-state index in [0.717, 1.165) is 15.7 Å². The van der Waals surface area contributed by atoms with Gasteiger partial charge in [-0.25, -0.2) is 9.37 Å². The van der Waals surface area contributed by atoms with Gasteiger partial charge in [-0.15, -0.1) is 0 Å². The number of aryl methyl sites for hydroxylation is 1. The number of hydrogen-bond donors (Lipinski definition) is 1. The Morgan fingerprint density at radius 2 is 1.97 bits per heavy atom. The molecule has 0 spiro atoms. The second-order valence-corrected chi connectivity index (χ2v) is 8.74. The molecule has 0 saturated carbocycles. The van der Waals surface area contributed by atoms with Crippen molar-refractivity contribution < 1.29 is 4.39 Å². The van der Waals surface area contributed by atoms with Gasteiger partial charge in [-0.05, 0) is 70.9 Å². The Kier molecular flexibility index (Phi) is 6.18. The zero-order valence-electron chi connectivity index (χ0n) is 16.3. The van der Waals surface area contributed by atoms with Crippen molar-refractivity contribution in [3.63, 3.8) is 0 Å². The smallest absolute Gasteiger partial charge is 0.268 e. The molecule has 156 valence electrons. The van der Waals surface area contributed by atoms with Crippen LogP contribution in [0.2, 0.25) is 5.02 Å². The van der Waals surface area contributed by atoms with E-state index >= 15 is 0 Å². The summed E-state index contributed by atoms with van der Waals surface area (Å²) >= 11 is 15.0. The highest BCUT2D eigenvalue weighted by atomic mass is 79.9. The van der Waals surface area contributed by atoms with Gasteiger partial charge in [-0.1, -0.05) is 42.0 Å². The Balaban J connectivity index is 1.65. The molecule has 0 amide bonds. The number of nitrogens with zero attached hydrogens (tertiary/aromatic N) is 2. The van der Waals surface area contributed by atoms with Crippen molar-refractivity contribution in [3.8, 4) is 5.69 Å². The number of fused-ring (bicyclic) bond motifs is 1. The van der Waals surface area contributed by atoms with Gasteiger partial charge >= 0.3 is 0 Å². The third-order valence-electron chi connectivity index (χ3n) is 4.75. The van der Waals surface area contributed by atoms with Gasteiger partial charge in [-0.2, -0.15) is 0 Å². The first-order valence-corrected chi connectivity index (χ1v) is 10.9. The molecule has 0 radical (unpaired) electrons. The van der Waals surface area contributed by atoms with E-state index in [2.05, 4.69) is 26.2 Å². The van der Waals surface area contributed by atoms with E-state index in [1.807, 2.05) is 24.3 Å². The van der Waals surface area contributed by atoms with Gasteiger partial charge < -0.3 is 5.32 Å². The van der Waals surface area contributed by atoms with Gasteiger partial charge in [0.2, 0.25) is 0 Å². The minimum Gasteiger partial charge on any atom is -0.349 e. The third-order valence-corrected chi connectivity index (χ3v) is 5.89. The molecule has 1 heterocycles. The Labute approximate surface area is 196 Å². The lowest BCUT2D eigenvalue weighted by atomic mass is 10.1. The van der Waals surface area contributed by atoms with Crippen molar-refractivity contribution in [2.45, 2.75) is 13.3 Å². The molecule has 8 heteroatoms. The third kappa shape index (κ3) is 4.54. The maximum Gasteiger partial charge on any atom is 0.268 e. The van der Waals surface area contributed by atoms with E-state index in [1.54, 1.807) is 37.3 Å². The number of thiocarbonyl (C=S) groups is 1. The molecule has 0 bridgehead atoms. The van der Waals surface area contributed by atoms with Crippen molar-refractivity contribution in [2.24, 2.45) is 0 Å². The molecular formula is C23H16BrClFN3OS. The Morgan fingerprint density at radius 1 is 1.19 bits per heavy atom. The number of nitrogens with one attached hydrogen (secondary N) is 1. The summed E-state index contributed by atoms with van der Waals surface area (Å²) in [5.41, 5.74) is 2.22. The minimum atomic E-state index is -0.584. The maximum absolute atomic E-state index is 14.3. The number of benzene rings is 3. The Morgan fingerprint density at radius 3 is 2.74 bits per heavy atom. The van der Waals surface area contributed by atoms with Gasteiger partial charge in [0.25, 0.3) is 5.56 Å². The molecule has 0 atom stereocenters. The summed E-state index contributed by atoms with van der Waals surface area (Å²) in [4.78, 5) is 18.0. The molecule has 4 aromatic rings. The van der Waals surface area contributed by atoms with Gasteiger partial charge in [0.05, 0.1) is 21.9 Å². The quantitative estimate of drug-likeness (QED) is 0.327. The SMILES string of the molecule is Cc1nc2cccc(F)c2c(=O)n1-c1cccc(CC(=S)Nc2ccc(Cl)cc2Br)c1. The summed E-state index contributed by atoms with van der Waals surface area (Å²) < 4.78 is 16.5. The molecule has 0 unspecified atom stereocenters. The molecule has 4 nitrogen and oxygen atoms in total. The number of rotatable bonds is 4. The van der Waals surface area contributed by atoms with Crippen LogP contribution in [-0.2, 0) is 6.42 Å². The second-order valence-electron chi connectivity index (χ2n) is 6.95. The molecule has 0 aliphatic heterocycles. The topological polar surface area (TPSA) is 46.9 Å². The van der Waals surface area contributed by atoms with E-state index in [1.165, 1.54) is 10.6 Å². The highest BCUT2D eigenvalue weighted by molar-refractivity contribution is 9.10. The molecular weight excluding hydrogens is 501 g/mol. The molecule has 0 aliphatic carbocycles. The normalized spacial score (nSPS) is 11.0. The standard InChI is InChI=1S/C23H16BrClFN3OS/c1-13-27-20-7-3-6-18(26)22(20)23(30)29(13)16-5-2-4-14(10-16)11-21(31)28-19-9-8-15(25)12-17(19)24/h2-10,12H,11H2,1H3,(H,28,31). The summed E-state index contributed by atoms with van der Waals surface area (Å²) in [6, 6.07) is 17.2. The van der Waals surface area contributed by atoms with E-state index < -0.39 is 11.4 Å². The summed E-state index contributed by atoms with van der Waals surface area (Å²) in [5.74, 6) is -0.107. The zero-order valence-corrected chi connectivity index (χ0v) is 19.5. The molecule has 0 aliphatic rings. The van der Waals surface area contributed by atoms with E-state index in [4.69, 9.17) is 23.8 Å². The average molecular weight is 517 g/mol. The molecule has 0 saturated heterocycles. The molecule has 1 N–H and O–H groups in total. The van der Waals surface area contributed by atoms with Crippen LogP contribution in [0.1, 0.15) is 11.4 Å². The fraction of sp³-hybridized carbons (Fsp3) is 0.0870. The number of hydrogen-bond acceptors (Lipinski definition) is 3. The van der Waals surface area contributed by atoms with Crippen LogP contribution in [0, 0.1) is 12.7 Å². The van der Waals surface area contributed by atoms with Crippen LogP contribution in [-0.4, -0.2) is 14.5 Å². The van der Waals surface area contributed by atoms with Crippen molar-refractivity contribution in [3.05, 3.63) is 97.7 Å². The van der Waals surface area contributed by atoms with Crippen molar-refractivity contribution in [2.75, 3.05) is 5.32 Å². The molecule has 3 aromatic carbocycles. The van der Waals surface area contributed by atoms with Gasteiger partial charge in [-0.3, -0.25) is 9.36 Å². The fourth-order valence-corrected chi connectivity index (χ4v) is 4.44. The average Bonchev–Trinajstić information content (AvgIpc) is 2.70. The Hall–Kier alpha value is -2.61. The summed E-state index contributed by atoms with van der Waals surface area (Å²) in [6.07, 6.45) is 0.460. The monoisotopic (exact) mass is 515 g/mol. The second kappa shape index (κ2) is 8.86. The molecule has 31 heavy (non-hydrogen) atoms. The highest BCUT2D eigenvalue weighted by Crippen LogP contribution is 2.26. The first-order chi connectivity index (χ1) is 14.8. The molecule has 0 fully saturated rings. The maximum atomic E-state index is 14.3. The van der Waals surface area contributed by atoms with Crippen LogP contribution in [0.15, 0.2) is 69.9 Å². The van der Waals surface area contributed by atoms with Crippen LogP contribution in [0.5, 0.6) is 0 Å². The van der Waals surface area contributed by atoms with Crippen LogP contribution >= 0.6 is 39.7 Å². The predicted molar refractivity (Wildman–Crippen MR) is 131 cm³/mol. The Bertz CT molecular complexity index is 1390. The van der Waals surface area contributed by atoms with Crippen LogP contribution in [0.3, 0.4) is 0 Å². The minimum absolute atomic E-state index is 0.0247. The number of aromatic nitrogens is 2. The van der Waals surface area contributed by atoms with E-state index in [0.29, 0.717) is 33.5 Å². The van der Waals surface area contributed by atoms with Gasteiger partial charge in [0, 0.05) is 15.9 Å².